The van der Waals surface area contributed by atoms with Crippen molar-refractivity contribution in [1.29, 1.82) is 0 Å². The molecule has 110 valence electrons. The van der Waals surface area contributed by atoms with Crippen LogP contribution in [-0.2, 0) is 4.79 Å². The third kappa shape index (κ3) is 6.00. The van der Waals surface area contributed by atoms with Crippen molar-refractivity contribution in [3.05, 3.63) is 58.6 Å². The highest BCUT2D eigenvalue weighted by atomic mass is 35.5. The van der Waals surface area contributed by atoms with Crippen LogP contribution in [0.4, 0.5) is 5.69 Å². The fourth-order valence-electron chi connectivity index (χ4n) is 1.79. The van der Waals surface area contributed by atoms with Gasteiger partial charge in [0.1, 0.15) is 0 Å². The molecular weight excluding hydrogens is 325 g/mol. The first-order chi connectivity index (χ1) is 10.1. The van der Waals surface area contributed by atoms with Crippen LogP contribution in [0.3, 0.4) is 0 Å². The molecule has 1 amide bonds. The zero-order chi connectivity index (χ0) is 15.1. The van der Waals surface area contributed by atoms with Crippen LogP contribution in [0.2, 0.25) is 10.0 Å². The molecule has 0 spiro atoms. The lowest BCUT2D eigenvalue weighted by Gasteiger charge is -2.06. The number of nitrogens with one attached hydrogen (secondary N) is 1. The minimum absolute atomic E-state index is 0.0259. The SMILES string of the molecule is O=C(CCCSc1ccccc1)Nc1cc(Cl)cc(Cl)c1. The molecule has 0 atom stereocenters. The van der Waals surface area contributed by atoms with Gasteiger partial charge >= 0.3 is 0 Å². The number of anilines is 1. The summed E-state index contributed by atoms with van der Waals surface area (Å²) in [5, 5.41) is 3.83. The predicted molar refractivity (Wildman–Crippen MR) is 91.5 cm³/mol. The number of halogens is 2. The second-order valence-corrected chi connectivity index (χ2v) is 6.51. The maximum atomic E-state index is 11.8. The summed E-state index contributed by atoms with van der Waals surface area (Å²) in [4.78, 5) is 13.1. The molecule has 1 N–H and O–H groups in total. The molecule has 0 aliphatic rings. The lowest BCUT2D eigenvalue weighted by Crippen LogP contribution is -2.11. The molecule has 0 unspecified atom stereocenters. The Morgan fingerprint density at radius 3 is 2.38 bits per heavy atom. The van der Waals surface area contributed by atoms with E-state index < -0.39 is 0 Å². The summed E-state index contributed by atoms with van der Waals surface area (Å²) < 4.78 is 0. The van der Waals surface area contributed by atoms with Crippen LogP contribution in [0.1, 0.15) is 12.8 Å². The maximum absolute atomic E-state index is 11.8. The smallest absolute Gasteiger partial charge is 0.224 e. The topological polar surface area (TPSA) is 29.1 Å². The van der Waals surface area contributed by atoms with Gasteiger partial charge < -0.3 is 5.32 Å². The Morgan fingerprint density at radius 1 is 1.05 bits per heavy atom. The zero-order valence-corrected chi connectivity index (χ0v) is 13.6. The van der Waals surface area contributed by atoms with Gasteiger partial charge in [0.15, 0.2) is 0 Å². The molecule has 0 fully saturated rings. The van der Waals surface area contributed by atoms with Gasteiger partial charge in [-0.3, -0.25) is 4.79 Å². The number of benzene rings is 2. The van der Waals surface area contributed by atoms with Gasteiger partial charge in [0, 0.05) is 27.0 Å². The van der Waals surface area contributed by atoms with Gasteiger partial charge in [0.25, 0.3) is 0 Å². The fraction of sp³-hybridized carbons (Fsp3) is 0.188. The molecule has 21 heavy (non-hydrogen) atoms. The van der Waals surface area contributed by atoms with E-state index >= 15 is 0 Å². The van der Waals surface area contributed by atoms with Crippen molar-refractivity contribution in [1.82, 2.24) is 0 Å². The van der Waals surface area contributed by atoms with Crippen molar-refractivity contribution in [3.8, 4) is 0 Å². The Balaban J connectivity index is 1.72. The number of amides is 1. The number of thioether (sulfide) groups is 1. The molecule has 0 radical (unpaired) electrons. The third-order valence-electron chi connectivity index (χ3n) is 2.71. The summed E-state index contributed by atoms with van der Waals surface area (Å²) in [6, 6.07) is 15.2. The van der Waals surface area contributed by atoms with Crippen LogP contribution >= 0.6 is 35.0 Å². The summed E-state index contributed by atoms with van der Waals surface area (Å²) in [7, 11) is 0. The van der Waals surface area contributed by atoms with Gasteiger partial charge in [0.2, 0.25) is 5.91 Å². The van der Waals surface area contributed by atoms with Gasteiger partial charge in [-0.1, -0.05) is 41.4 Å². The van der Waals surface area contributed by atoms with Crippen LogP contribution < -0.4 is 5.32 Å². The first-order valence-corrected chi connectivity index (χ1v) is 8.31. The Morgan fingerprint density at radius 2 is 1.71 bits per heavy atom. The highest BCUT2D eigenvalue weighted by molar-refractivity contribution is 7.99. The van der Waals surface area contributed by atoms with Crippen molar-refractivity contribution < 1.29 is 4.79 Å². The van der Waals surface area contributed by atoms with Crippen molar-refractivity contribution in [2.75, 3.05) is 11.1 Å². The Hall–Kier alpha value is -1.16. The third-order valence-corrected chi connectivity index (χ3v) is 4.24. The van der Waals surface area contributed by atoms with Crippen LogP contribution in [0.5, 0.6) is 0 Å². The molecule has 5 heteroatoms. The van der Waals surface area contributed by atoms with E-state index in [1.807, 2.05) is 18.2 Å². The molecule has 2 aromatic carbocycles. The number of rotatable bonds is 6. The van der Waals surface area contributed by atoms with E-state index in [4.69, 9.17) is 23.2 Å². The standard InChI is InChI=1S/C16H15Cl2NOS/c17-12-9-13(18)11-14(10-12)19-16(20)7-4-8-21-15-5-2-1-3-6-15/h1-3,5-6,9-11H,4,7-8H2,(H,19,20). The van der Waals surface area contributed by atoms with E-state index in [1.54, 1.807) is 30.0 Å². The highest BCUT2D eigenvalue weighted by Gasteiger charge is 2.04. The Labute approximate surface area is 138 Å². The zero-order valence-electron chi connectivity index (χ0n) is 11.3. The van der Waals surface area contributed by atoms with Crippen LogP contribution in [-0.4, -0.2) is 11.7 Å². The number of carbonyl (C=O) groups is 1. The first kappa shape index (κ1) is 16.2. The molecule has 0 bridgehead atoms. The quantitative estimate of drug-likeness (QED) is 0.555. The van der Waals surface area contributed by atoms with Gasteiger partial charge in [-0.15, -0.1) is 11.8 Å². The van der Waals surface area contributed by atoms with E-state index in [-0.39, 0.29) is 5.91 Å². The summed E-state index contributed by atoms with van der Waals surface area (Å²) in [6.07, 6.45) is 1.30. The van der Waals surface area contributed by atoms with Crippen molar-refractivity contribution in [2.24, 2.45) is 0 Å². The molecular formula is C16H15Cl2NOS. The van der Waals surface area contributed by atoms with Crippen LogP contribution in [0.15, 0.2) is 53.4 Å². The minimum atomic E-state index is -0.0259. The second kappa shape index (κ2) is 8.32. The molecule has 0 aliphatic carbocycles. The Kier molecular flexibility index (Phi) is 6.43. The molecule has 0 aliphatic heterocycles. The number of carbonyl (C=O) groups excluding carboxylic acids is 1. The first-order valence-electron chi connectivity index (χ1n) is 6.57. The van der Waals surface area contributed by atoms with Gasteiger partial charge in [-0.05, 0) is 42.5 Å². The van der Waals surface area contributed by atoms with Gasteiger partial charge in [0.05, 0.1) is 0 Å². The maximum Gasteiger partial charge on any atom is 0.224 e. The summed E-state index contributed by atoms with van der Waals surface area (Å²) >= 11 is 13.5. The average molecular weight is 340 g/mol. The molecule has 0 heterocycles. The molecule has 0 aromatic heterocycles. The minimum Gasteiger partial charge on any atom is -0.326 e. The average Bonchev–Trinajstić information content (AvgIpc) is 2.43. The van der Waals surface area contributed by atoms with Gasteiger partial charge in [-0.25, -0.2) is 0 Å². The van der Waals surface area contributed by atoms with E-state index in [0.717, 1.165) is 12.2 Å². The van der Waals surface area contributed by atoms with Gasteiger partial charge in [-0.2, -0.15) is 0 Å². The predicted octanol–water partition coefficient (Wildman–Crippen LogP) is 5.50. The van der Waals surface area contributed by atoms with Crippen molar-refractivity contribution in [3.63, 3.8) is 0 Å². The van der Waals surface area contributed by atoms with Crippen molar-refractivity contribution >= 4 is 46.6 Å². The van der Waals surface area contributed by atoms with Crippen LogP contribution in [0, 0.1) is 0 Å². The molecule has 0 saturated carbocycles. The van der Waals surface area contributed by atoms with E-state index in [1.165, 1.54) is 4.90 Å². The number of hydrogen-bond acceptors (Lipinski definition) is 2. The Bertz CT molecular complexity index is 584. The normalized spacial score (nSPS) is 10.4. The molecule has 2 nitrogen and oxygen atoms in total. The van der Waals surface area contributed by atoms with E-state index in [0.29, 0.717) is 22.2 Å². The summed E-state index contributed by atoms with van der Waals surface area (Å²) in [6.45, 7) is 0. The second-order valence-electron chi connectivity index (χ2n) is 4.47. The molecule has 0 saturated heterocycles. The van der Waals surface area contributed by atoms with E-state index in [9.17, 15) is 4.79 Å². The fourth-order valence-corrected chi connectivity index (χ4v) is 3.19. The van der Waals surface area contributed by atoms with E-state index in [2.05, 4.69) is 17.4 Å². The summed E-state index contributed by atoms with van der Waals surface area (Å²) in [5.41, 5.74) is 0.633. The summed E-state index contributed by atoms with van der Waals surface area (Å²) in [5.74, 6) is 0.885. The number of hydrogen-bond donors (Lipinski definition) is 1. The lowest BCUT2D eigenvalue weighted by molar-refractivity contribution is -0.116. The van der Waals surface area contributed by atoms with Crippen molar-refractivity contribution in [2.45, 2.75) is 17.7 Å². The molecule has 2 rings (SSSR count). The van der Waals surface area contributed by atoms with Crippen LogP contribution in [0.25, 0.3) is 0 Å². The molecule has 2 aromatic rings. The highest BCUT2D eigenvalue weighted by Crippen LogP contribution is 2.23. The largest absolute Gasteiger partial charge is 0.326 e. The lowest BCUT2D eigenvalue weighted by atomic mass is 10.3. The monoisotopic (exact) mass is 339 g/mol.